The van der Waals surface area contributed by atoms with E-state index in [0.29, 0.717) is 0 Å². The summed E-state index contributed by atoms with van der Waals surface area (Å²) in [6, 6.07) is 0. The molecule has 0 aromatic carbocycles. The van der Waals surface area contributed by atoms with Crippen molar-refractivity contribution in [1.82, 2.24) is 36.9 Å². The molecular weight excluding hydrogens is 5200 g/mol. The van der Waals surface area contributed by atoms with E-state index in [1.54, 1.807) is 0 Å². The van der Waals surface area contributed by atoms with Crippen LogP contribution in [-0.4, -0.2) is 0 Å². The largest absolute Gasteiger partial charge is 0.344 e. The smallest absolute Gasteiger partial charge is 0 e. The predicted molar refractivity (Wildman–Crippen MR) is 608 cm³/mol. The third-order valence-corrected chi connectivity index (χ3v) is 0. The first-order chi connectivity index (χ1) is 0. The van der Waals surface area contributed by atoms with Crippen molar-refractivity contribution in [2.45, 2.75) is 0 Å². The van der Waals surface area contributed by atoms with Crippen molar-refractivity contribution in [3.63, 3.8) is 0 Å². The molecule has 0 aromatic heterocycles. The summed E-state index contributed by atoms with van der Waals surface area (Å²) in [5, 5.41) is 0. The van der Waals surface area contributed by atoms with Crippen LogP contribution in [0.3, 0.4) is 0 Å². The second-order valence-corrected chi connectivity index (χ2v) is 0. The minimum Gasteiger partial charge on any atom is -0.344 e. The Balaban J connectivity index is 0. The molecule has 0 unspecified atom stereocenters. The van der Waals surface area contributed by atoms with E-state index in [2.05, 4.69) is 0 Å². The zero-order valence-electron chi connectivity index (χ0n) is 36.4. The molecule has 0 aromatic rings. The molecule has 0 amide bonds. The van der Waals surface area contributed by atoms with Gasteiger partial charge in [-0.25, -0.2) is 0 Å². The molecule has 0 aliphatic heterocycles. The SMILES string of the molecule is I.I.I.I.I.I.I.I.I.I.I.I.I.I.I.I.I.I.I.N.N.N.N.N.N.S.S.S.S.S.S.S.S.S.S.S.S.S.S.S.S.S.S.S.S.S.S.S.S.S.S.[3HH].[3HH].[3HH].[3HH].[3HH].[3HH].[3HH].[W].[Y].[Y].[Y].[Y].[Y].[Y].[Y].[Y].[Y].[Y].[Y].[Y].[Y].[Y].[Y].[Y].[Y].[Y].[Y]. The molecule has 0 heterocycles. The maximum absolute atomic E-state index is 0. The van der Waals surface area contributed by atoms with Crippen LogP contribution < -0.4 is 36.9 Å². The molecule has 0 fully saturated rings. The summed E-state index contributed by atoms with van der Waals surface area (Å²) in [5.41, 5.74) is 0. The first-order valence-corrected chi connectivity index (χ1v) is 0. The molecule has 0 spiro atoms. The summed E-state index contributed by atoms with van der Waals surface area (Å²) in [6.07, 6.45) is 0. The molecule has 19 radical (unpaired) electrons. The summed E-state index contributed by atoms with van der Waals surface area (Å²) < 4.78 is 0. The van der Waals surface area contributed by atoms with Crippen molar-refractivity contribution in [1.29, 1.82) is 0 Å². The standard InChI is InChI=1S/19HI.6H3N.26H2S.W.19Y.7H2/h19*1H;6*1H3;26*1H2;;;;;;;;;;;;;;;;;;;;;7*1H/i;;;;;;;;;;;;;;;;;;;;;;;;;;;;;;;;;;;;;;;;;;;;;;;;;;;;;;;;;;;;;;;;;;;;;;;7*1+2. The van der Waals surface area contributed by atoms with Gasteiger partial charge in [-0.1, -0.05) is 0 Å². The van der Waals surface area contributed by atoms with Gasteiger partial charge in [0.25, 0.3) is 0 Å². The Labute approximate surface area is 1450 Å². The van der Waals surface area contributed by atoms with Crippen LogP contribution in [0.15, 0.2) is 0 Å². The van der Waals surface area contributed by atoms with Crippen LogP contribution in [0.5, 0.6) is 0 Å². The maximum atomic E-state index is 0. The van der Waals surface area contributed by atoms with Crippen molar-refractivity contribution in [3.8, 4) is 0 Å². The number of hydrogen-bond donors (Lipinski definition) is 6. The monoisotopic (exact) mass is 5320 g/mol. The average molecular weight is 5320 g/mol. The van der Waals surface area contributed by atoms with Crippen molar-refractivity contribution in [3.05, 3.63) is 0 Å². The van der Waals surface area contributed by atoms with E-state index in [-0.39, 0.29) is 1500 Å². The molecule has 485 valence electrons. The normalized spacial score (nSPS) is 0. The fourth-order valence-corrected chi connectivity index (χ4v) is 0. The molecule has 0 rings (SSSR count). The van der Waals surface area contributed by atoms with Crippen LogP contribution in [0.25, 0.3) is 0 Å². The Kier molecular flexibility index (Phi) is 8050. The van der Waals surface area contributed by atoms with E-state index >= 15 is 0 Å². The van der Waals surface area contributed by atoms with Gasteiger partial charge in [-0.05, 0) is 0 Å². The summed E-state index contributed by atoms with van der Waals surface area (Å²) >= 11 is 0. The van der Waals surface area contributed by atoms with Gasteiger partial charge in [0.05, 0.1) is 0 Å². The van der Waals surface area contributed by atoms with Gasteiger partial charge in [0.1, 0.15) is 0 Å². The predicted octanol–water partition coefficient (Wildman–Crippen LogP) is 17.3. The van der Waals surface area contributed by atoms with Crippen molar-refractivity contribution in [2.24, 2.45) is 0 Å². The summed E-state index contributed by atoms with van der Waals surface area (Å²) in [7, 11) is 0. The minimum absolute atomic E-state index is 0. The van der Waals surface area contributed by atoms with Gasteiger partial charge >= 0.3 is 0 Å². The average Bonchev–Trinajstić information content (AvgIpc) is 0. The number of halogens is 19. The van der Waals surface area contributed by atoms with Crippen LogP contribution in [0.1, 0.15) is 9.99 Å². The second-order valence-electron chi connectivity index (χ2n) is 0. The van der Waals surface area contributed by atoms with Crippen molar-refractivity contribution < 1.29 is 653 Å². The first kappa shape index (κ1) is 766. The van der Waals surface area contributed by atoms with E-state index < -0.39 is 0 Å². The molecular formula is H103I19N6S26WY19. The van der Waals surface area contributed by atoms with Gasteiger partial charge in [0, 0.05) is 653 Å². The minimum atomic E-state index is 0. The first-order valence-electron chi connectivity index (χ1n) is 0. The Hall–Kier alpha value is 44.4. The van der Waals surface area contributed by atoms with E-state index in [1.807, 2.05) is 0 Å². The van der Waals surface area contributed by atoms with Crippen LogP contribution in [-0.2, 0) is 643 Å². The summed E-state index contributed by atoms with van der Waals surface area (Å²) in [6.45, 7) is 0. The zero-order valence-corrected chi connectivity index (χ0v) is 164. The van der Waals surface area contributed by atoms with Crippen LogP contribution >= 0.6 is 806 Å². The molecule has 0 aliphatic carbocycles. The third-order valence-electron chi connectivity index (χ3n) is 0. The van der Waals surface area contributed by atoms with Crippen molar-refractivity contribution in [2.75, 3.05) is 0 Å². The fraction of sp³-hybridized carbons (Fsp3) is 0. The summed E-state index contributed by atoms with van der Waals surface area (Å²) in [5.74, 6) is 0. The van der Waals surface area contributed by atoms with E-state index in [4.69, 9.17) is 0 Å². The van der Waals surface area contributed by atoms with E-state index in [1.165, 1.54) is 0 Å². The summed E-state index contributed by atoms with van der Waals surface area (Å²) in [4.78, 5) is 0. The maximum Gasteiger partial charge on any atom is 0 e. The Morgan fingerprint density at radius 3 is 0.0845 bits per heavy atom. The Morgan fingerprint density at radius 2 is 0.0845 bits per heavy atom. The van der Waals surface area contributed by atoms with Crippen LogP contribution in [0.4, 0.5) is 0 Å². The van der Waals surface area contributed by atoms with E-state index in [9.17, 15) is 0 Å². The van der Waals surface area contributed by atoms with Crippen LogP contribution in [0, 0.1) is 0 Å². The molecule has 18 N–H and O–H groups in total. The Morgan fingerprint density at radius 1 is 0.0845 bits per heavy atom. The number of rotatable bonds is 0. The van der Waals surface area contributed by atoms with E-state index in [0.717, 1.165) is 0 Å². The molecule has 0 atom stereocenters. The molecule has 0 saturated carbocycles. The second kappa shape index (κ2) is 746. The number of hydrogen-bond acceptors (Lipinski definition) is 6. The fourth-order valence-electron chi connectivity index (χ4n) is 0. The van der Waals surface area contributed by atoms with Gasteiger partial charge in [0.2, 0.25) is 0 Å². The topological polar surface area (TPSA) is 210 Å². The van der Waals surface area contributed by atoms with Gasteiger partial charge in [0.15, 0.2) is 0 Å². The molecule has 71 heavy (non-hydrogen) atoms. The molecule has 6 nitrogen and oxygen atoms in total. The van der Waals surface area contributed by atoms with Gasteiger partial charge in [-0.3, -0.25) is 0 Å². The zero-order chi connectivity index (χ0) is 0. The van der Waals surface area contributed by atoms with Gasteiger partial charge < -0.3 is 36.9 Å². The van der Waals surface area contributed by atoms with Gasteiger partial charge in [-0.2, -0.15) is 351 Å². The van der Waals surface area contributed by atoms with Crippen LogP contribution in [0.2, 0.25) is 0 Å². The molecule has 0 aliphatic rings. The van der Waals surface area contributed by atoms with Gasteiger partial charge in [-0.15, -0.1) is 456 Å². The van der Waals surface area contributed by atoms with Crippen molar-refractivity contribution >= 4 is 806 Å². The molecule has 0 bridgehead atoms. The Bertz CT molecular complexity index is 171. The molecule has 71 heteroatoms. The third kappa shape index (κ3) is 733. The molecule has 0 saturated heterocycles. The quantitative estimate of drug-likeness (QED) is 0.130.